The number of benzene rings is 2. The van der Waals surface area contributed by atoms with Gasteiger partial charge in [-0.2, -0.15) is 0 Å². The first kappa shape index (κ1) is 15.4. The maximum absolute atomic E-state index is 11.0. The van der Waals surface area contributed by atoms with Gasteiger partial charge < -0.3 is 14.6 Å². The highest BCUT2D eigenvalue weighted by atomic mass is 79.9. The van der Waals surface area contributed by atoms with Crippen LogP contribution in [0.3, 0.4) is 0 Å². The first-order valence-corrected chi connectivity index (χ1v) is 7.21. The lowest BCUT2D eigenvalue weighted by molar-refractivity contribution is 0.0691. The van der Waals surface area contributed by atoms with Crippen LogP contribution < -0.4 is 9.47 Å². The van der Waals surface area contributed by atoms with Gasteiger partial charge in [0.2, 0.25) is 0 Å². The predicted molar refractivity (Wildman–Crippen MR) is 83.3 cm³/mol. The maximum atomic E-state index is 11.0. The molecule has 2 rings (SSSR count). The molecule has 4 nitrogen and oxygen atoms in total. The van der Waals surface area contributed by atoms with Crippen LogP contribution in [0.1, 0.15) is 15.9 Å². The normalized spacial score (nSPS) is 10.2. The fourth-order valence-corrected chi connectivity index (χ4v) is 2.32. The van der Waals surface area contributed by atoms with Crippen molar-refractivity contribution in [2.24, 2.45) is 0 Å². The number of halogens is 1. The van der Waals surface area contributed by atoms with Crippen molar-refractivity contribution in [1.82, 2.24) is 0 Å². The third-order valence-corrected chi connectivity index (χ3v) is 3.35. The van der Waals surface area contributed by atoms with E-state index in [4.69, 9.17) is 14.6 Å². The molecule has 0 bridgehead atoms. The quantitative estimate of drug-likeness (QED) is 0.802. The first-order valence-electron chi connectivity index (χ1n) is 6.42. The molecule has 2 aromatic rings. The molecule has 0 aliphatic heterocycles. The smallest absolute Gasteiger partial charge is 0.339 e. The van der Waals surface area contributed by atoms with Crippen LogP contribution >= 0.6 is 15.9 Å². The summed E-state index contributed by atoms with van der Waals surface area (Å²) in [6, 6.07) is 12.3. The second-order valence-electron chi connectivity index (χ2n) is 4.41. The minimum Gasteiger partial charge on any atom is -0.490 e. The zero-order valence-corrected chi connectivity index (χ0v) is 13.1. The minimum atomic E-state index is -1.00. The standard InChI is InChI=1S/C16H15BrO4/c1-11-10-12(17)6-7-14(11)20-8-9-21-15-5-3-2-4-13(15)16(18)19/h2-7,10H,8-9H2,1H3,(H,18,19). The van der Waals surface area contributed by atoms with E-state index in [1.807, 2.05) is 25.1 Å². The van der Waals surface area contributed by atoms with Gasteiger partial charge in [0.05, 0.1) is 0 Å². The van der Waals surface area contributed by atoms with Crippen LogP contribution in [0.25, 0.3) is 0 Å². The Morgan fingerprint density at radius 2 is 1.76 bits per heavy atom. The van der Waals surface area contributed by atoms with Gasteiger partial charge >= 0.3 is 5.97 Å². The van der Waals surface area contributed by atoms with Crippen molar-refractivity contribution in [2.45, 2.75) is 6.92 Å². The number of carbonyl (C=O) groups is 1. The Hall–Kier alpha value is -2.01. The van der Waals surface area contributed by atoms with Gasteiger partial charge in [0, 0.05) is 4.47 Å². The zero-order valence-electron chi connectivity index (χ0n) is 11.5. The molecule has 0 amide bonds. The zero-order chi connectivity index (χ0) is 15.2. The van der Waals surface area contributed by atoms with Gasteiger partial charge in [0.1, 0.15) is 30.3 Å². The molecule has 0 atom stereocenters. The lowest BCUT2D eigenvalue weighted by Crippen LogP contribution is -2.11. The van der Waals surface area contributed by atoms with Crippen LogP contribution in [0.4, 0.5) is 0 Å². The Balaban J connectivity index is 1.89. The molecule has 0 saturated carbocycles. The van der Waals surface area contributed by atoms with Crippen molar-refractivity contribution < 1.29 is 19.4 Å². The summed E-state index contributed by atoms with van der Waals surface area (Å²) >= 11 is 3.39. The molecule has 0 aliphatic carbocycles. The van der Waals surface area contributed by atoms with E-state index in [1.54, 1.807) is 18.2 Å². The van der Waals surface area contributed by atoms with Crippen LogP contribution in [0.15, 0.2) is 46.9 Å². The van der Waals surface area contributed by atoms with Gasteiger partial charge in [-0.3, -0.25) is 0 Å². The van der Waals surface area contributed by atoms with E-state index < -0.39 is 5.97 Å². The third kappa shape index (κ3) is 4.23. The second kappa shape index (κ2) is 7.13. The number of aryl methyl sites for hydroxylation is 1. The van der Waals surface area contributed by atoms with Crippen LogP contribution in [-0.2, 0) is 0 Å². The highest BCUT2D eigenvalue weighted by Crippen LogP contribution is 2.22. The van der Waals surface area contributed by atoms with E-state index in [0.717, 1.165) is 15.8 Å². The summed E-state index contributed by atoms with van der Waals surface area (Å²) in [6.07, 6.45) is 0. The van der Waals surface area contributed by atoms with Crippen LogP contribution in [-0.4, -0.2) is 24.3 Å². The molecule has 0 aliphatic rings. The summed E-state index contributed by atoms with van der Waals surface area (Å²) < 4.78 is 12.1. The lowest BCUT2D eigenvalue weighted by Gasteiger charge is -2.11. The van der Waals surface area contributed by atoms with Crippen molar-refractivity contribution in [3.8, 4) is 11.5 Å². The predicted octanol–water partition coefficient (Wildman–Crippen LogP) is 3.91. The Morgan fingerprint density at radius 1 is 1.10 bits per heavy atom. The van der Waals surface area contributed by atoms with Crippen molar-refractivity contribution in [2.75, 3.05) is 13.2 Å². The van der Waals surface area contributed by atoms with Crippen LogP contribution in [0, 0.1) is 6.92 Å². The number of carboxylic acids is 1. The molecule has 0 heterocycles. The van der Waals surface area contributed by atoms with Gasteiger partial charge in [-0.25, -0.2) is 4.79 Å². The number of carboxylic acid groups (broad SMARTS) is 1. The molecule has 110 valence electrons. The molecule has 0 spiro atoms. The summed E-state index contributed by atoms with van der Waals surface area (Å²) in [5.74, 6) is 0.129. The highest BCUT2D eigenvalue weighted by Gasteiger charge is 2.09. The molecule has 0 fully saturated rings. The lowest BCUT2D eigenvalue weighted by atomic mass is 10.2. The van der Waals surface area contributed by atoms with Crippen LogP contribution in [0.2, 0.25) is 0 Å². The van der Waals surface area contributed by atoms with Gasteiger partial charge in [-0.1, -0.05) is 28.1 Å². The van der Waals surface area contributed by atoms with E-state index in [0.29, 0.717) is 12.4 Å². The average molecular weight is 351 g/mol. The molecular weight excluding hydrogens is 336 g/mol. The second-order valence-corrected chi connectivity index (χ2v) is 5.32. The molecule has 1 N–H and O–H groups in total. The molecule has 0 aromatic heterocycles. The third-order valence-electron chi connectivity index (χ3n) is 2.85. The van der Waals surface area contributed by atoms with E-state index in [1.165, 1.54) is 6.07 Å². The van der Waals surface area contributed by atoms with Crippen molar-refractivity contribution in [3.63, 3.8) is 0 Å². The fourth-order valence-electron chi connectivity index (χ4n) is 1.85. The van der Waals surface area contributed by atoms with Gasteiger partial charge in [-0.15, -0.1) is 0 Å². The topological polar surface area (TPSA) is 55.8 Å². The molecule has 2 aromatic carbocycles. The Morgan fingerprint density at radius 3 is 2.43 bits per heavy atom. The number of aromatic carboxylic acids is 1. The van der Waals surface area contributed by atoms with Crippen LogP contribution in [0.5, 0.6) is 11.5 Å². The molecule has 5 heteroatoms. The number of rotatable bonds is 6. The monoisotopic (exact) mass is 350 g/mol. The van der Waals surface area contributed by atoms with Gasteiger partial charge in [-0.05, 0) is 42.8 Å². The molecule has 0 saturated heterocycles. The summed E-state index contributed by atoms with van der Waals surface area (Å²) in [5, 5.41) is 9.05. The van der Waals surface area contributed by atoms with E-state index in [9.17, 15) is 4.79 Å². The van der Waals surface area contributed by atoms with E-state index in [2.05, 4.69) is 15.9 Å². The van der Waals surface area contributed by atoms with E-state index >= 15 is 0 Å². The van der Waals surface area contributed by atoms with Gasteiger partial charge in [0.15, 0.2) is 0 Å². The van der Waals surface area contributed by atoms with Gasteiger partial charge in [0.25, 0.3) is 0 Å². The molecule has 0 radical (unpaired) electrons. The Kier molecular flexibility index (Phi) is 5.22. The Labute approximate surface area is 131 Å². The highest BCUT2D eigenvalue weighted by molar-refractivity contribution is 9.10. The molecular formula is C16H15BrO4. The summed E-state index contributed by atoms with van der Waals surface area (Å²) in [5.41, 5.74) is 1.17. The van der Waals surface area contributed by atoms with Crippen molar-refractivity contribution in [3.05, 3.63) is 58.1 Å². The molecule has 0 unspecified atom stereocenters. The number of ether oxygens (including phenoxy) is 2. The SMILES string of the molecule is Cc1cc(Br)ccc1OCCOc1ccccc1C(=O)O. The number of para-hydroxylation sites is 1. The van der Waals surface area contributed by atoms with Crippen molar-refractivity contribution >= 4 is 21.9 Å². The number of hydrogen-bond donors (Lipinski definition) is 1. The number of hydrogen-bond acceptors (Lipinski definition) is 3. The summed E-state index contributed by atoms with van der Waals surface area (Å²) in [6.45, 7) is 2.58. The Bertz CT molecular complexity index is 640. The maximum Gasteiger partial charge on any atom is 0.339 e. The summed E-state index contributed by atoms with van der Waals surface area (Å²) in [7, 11) is 0. The fraction of sp³-hybridized carbons (Fsp3) is 0.188. The minimum absolute atomic E-state index is 0.150. The largest absolute Gasteiger partial charge is 0.490 e. The van der Waals surface area contributed by atoms with Crippen molar-refractivity contribution in [1.29, 1.82) is 0 Å². The average Bonchev–Trinajstić information content (AvgIpc) is 2.45. The first-order chi connectivity index (χ1) is 10.1. The van der Waals surface area contributed by atoms with E-state index in [-0.39, 0.29) is 12.2 Å². The summed E-state index contributed by atoms with van der Waals surface area (Å²) in [4.78, 5) is 11.0. The molecule has 21 heavy (non-hydrogen) atoms.